The summed E-state index contributed by atoms with van der Waals surface area (Å²) in [4.78, 5) is 18.5. The van der Waals surface area contributed by atoms with Gasteiger partial charge in [0.25, 0.3) is 0 Å². The highest BCUT2D eigenvalue weighted by atomic mass is 35.5. The fraction of sp³-hybridized carbons (Fsp3) is 0.250. The molecule has 24 heavy (non-hydrogen) atoms. The van der Waals surface area contributed by atoms with Crippen molar-refractivity contribution in [2.45, 2.75) is 25.9 Å². The molecule has 0 bridgehead atoms. The number of hydrogen-bond acceptors (Lipinski definition) is 7. The summed E-state index contributed by atoms with van der Waals surface area (Å²) in [6.07, 6.45) is 6.97. The number of aromatic nitrogens is 4. The van der Waals surface area contributed by atoms with E-state index in [0.717, 1.165) is 21.1 Å². The van der Waals surface area contributed by atoms with Crippen LogP contribution in [0.2, 0.25) is 5.02 Å². The summed E-state index contributed by atoms with van der Waals surface area (Å²) < 4.78 is 0. The van der Waals surface area contributed by atoms with E-state index in [9.17, 15) is 0 Å². The molecule has 6 nitrogen and oxygen atoms in total. The van der Waals surface area contributed by atoms with E-state index in [2.05, 4.69) is 25.3 Å². The van der Waals surface area contributed by atoms with Gasteiger partial charge in [-0.15, -0.1) is 11.3 Å². The van der Waals surface area contributed by atoms with E-state index in [4.69, 9.17) is 17.3 Å². The first-order valence-corrected chi connectivity index (χ1v) is 8.55. The fourth-order valence-electron chi connectivity index (χ4n) is 2.22. The van der Waals surface area contributed by atoms with Gasteiger partial charge in [0.05, 0.1) is 16.3 Å². The van der Waals surface area contributed by atoms with Crippen LogP contribution in [0.5, 0.6) is 0 Å². The maximum absolute atomic E-state index is 6.24. The molecule has 8 heteroatoms. The molecule has 0 fully saturated rings. The van der Waals surface area contributed by atoms with Crippen LogP contribution in [0, 0.1) is 0 Å². The molecular formula is C16H17ClN6S. The Morgan fingerprint density at radius 2 is 1.92 bits per heavy atom. The number of nitrogens with two attached hydrogens (primary N) is 1. The second-order valence-corrected chi connectivity index (χ2v) is 7.24. The average molecular weight is 361 g/mol. The number of nitrogens with zero attached hydrogens (tertiary/aromatic N) is 4. The molecular weight excluding hydrogens is 344 g/mol. The zero-order valence-corrected chi connectivity index (χ0v) is 14.9. The molecule has 0 spiro atoms. The molecule has 3 aromatic rings. The van der Waals surface area contributed by atoms with E-state index in [-0.39, 0.29) is 0 Å². The van der Waals surface area contributed by atoms with Crippen molar-refractivity contribution in [1.82, 2.24) is 19.9 Å². The topological polar surface area (TPSA) is 89.6 Å². The minimum absolute atomic E-state index is 0.483. The first-order chi connectivity index (χ1) is 11.5. The van der Waals surface area contributed by atoms with Crippen molar-refractivity contribution in [2.24, 2.45) is 5.73 Å². The van der Waals surface area contributed by atoms with Crippen molar-refractivity contribution in [1.29, 1.82) is 0 Å². The lowest BCUT2D eigenvalue weighted by molar-refractivity contribution is 0.581. The number of hydrogen-bond donors (Lipinski definition) is 2. The maximum Gasteiger partial charge on any atom is 0.223 e. The van der Waals surface area contributed by atoms with Crippen LogP contribution in [0.4, 0.5) is 5.95 Å². The summed E-state index contributed by atoms with van der Waals surface area (Å²) in [7, 11) is 0. The van der Waals surface area contributed by atoms with Crippen molar-refractivity contribution < 1.29 is 0 Å². The molecule has 3 N–H and O–H groups in total. The van der Waals surface area contributed by atoms with Crippen molar-refractivity contribution in [2.75, 3.05) is 5.32 Å². The number of nitrogens with one attached hydrogen (secondary N) is 1. The fourth-order valence-corrected chi connectivity index (χ4v) is 3.35. The second-order valence-electron chi connectivity index (χ2n) is 5.72. The highest BCUT2D eigenvalue weighted by molar-refractivity contribution is 7.15. The van der Waals surface area contributed by atoms with Crippen molar-refractivity contribution in [3.63, 3.8) is 0 Å². The van der Waals surface area contributed by atoms with Crippen LogP contribution in [0.25, 0.3) is 10.6 Å². The van der Waals surface area contributed by atoms with E-state index in [1.807, 2.05) is 19.9 Å². The second kappa shape index (κ2) is 6.80. The molecule has 0 radical (unpaired) electrons. The molecule has 0 saturated carbocycles. The van der Waals surface area contributed by atoms with Crippen molar-refractivity contribution in [3.8, 4) is 10.6 Å². The zero-order chi connectivity index (χ0) is 17.2. The van der Waals surface area contributed by atoms with Crippen LogP contribution in [-0.2, 0) is 12.1 Å². The predicted octanol–water partition coefficient (Wildman–Crippen LogP) is 3.45. The van der Waals surface area contributed by atoms with Gasteiger partial charge in [0.15, 0.2) is 0 Å². The van der Waals surface area contributed by atoms with Crippen LogP contribution in [0.15, 0.2) is 36.9 Å². The van der Waals surface area contributed by atoms with Crippen LogP contribution in [-0.4, -0.2) is 19.9 Å². The number of halogens is 1. The van der Waals surface area contributed by atoms with Gasteiger partial charge in [-0.05, 0) is 26.0 Å². The third-order valence-corrected chi connectivity index (χ3v) is 4.80. The molecule has 124 valence electrons. The lowest BCUT2D eigenvalue weighted by Gasteiger charge is -2.26. The lowest BCUT2D eigenvalue weighted by Crippen LogP contribution is -2.30. The smallest absolute Gasteiger partial charge is 0.223 e. The number of rotatable bonds is 5. The number of pyridine rings is 1. The summed E-state index contributed by atoms with van der Waals surface area (Å²) >= 11 is 7.78. The minimum atomic E-state index is -0.506. The first kappa shape index (κ1) is 16.8. The molecule has 0 aliphatic rings. The standard InChI is InChI=1S/C16H17ClN6S/c1-16(2,13-12(17)4-3-5-19-13)23-15-21-7-10(8-22-15)14-20-9-11(6-18)24-14/h3-5,7-9H,6,18H2,1-2H3,(H,21,22,23). The van der Waals surface area contributed by atoms with Crippen molar-refractivity contribution >= 4 is 28.9 Å². The van der Waals surface area contributed by atoms with Gasteiger partial charge in [-0.2, -0.15) is 0 Å². The molecule has 3 heterocycles. The Labute approximate surface area is 149 Å². The summed E-state index contributed by atoms with van der Waals surface area (Å²) in [5.74, 6) is 0.501. The Hall–Kier alpha value is -2.09. The van der Waals surface area contributed by atoms with Crippen LogP contribution in [0.3, 0.4) is 0 Å². The summed E-state index contributed by atoms with van der Waals surface area (Å²) in [6, 6.07) is 3.62. The Bertz CT molecular complexity index is 831. The summed E-state index contributed by atoms with van der Waals surface area (Å²) in [5.41, 5.74) is 6.71. The SMILES string of the molecule is CC(C)(Nc1ncc(-c2ncc(CN)s2)cn1)c1ncccc1Cl. The normalized spacial score (nSPS) is 11.5. The van der Waals surface area contributed by atoms with E-state index in [1.165, 1.54) is 11.3 Å². The first-order valence-electron chi connectivity index (χ1n) is 7.36. The Morgan fingerprint density at radius 3 is 2.54 bits per heavy atom. The maximum atomic E-state index is 6.24. The van der Waals surface area contributed by atoms with E-state index >= 15 is 0 Å². The average Bonchev–Trinajstić information content (AvgIpc) is 3.04. The minimum Gasteiger partial charge on any atom is -0.344 e. The molecule has 0 aliphatic carbocycles. The van der Waals surface area contributed by atoms with Gasteiger partial charge in [0.1, 0.15) is 5.01 Å². The van der Waals surface area contributed by atoms with Gasteiger partial charge in [0, 0.05) is 41.8 Å². The number of thiazole rings is 1. The van der Waals surface area contributed by atoms with Gasteiger partial charge >= 0.3 is 0 Å². The molecule has 0 atom stereocenters. The van der Waals surface area contributed by atoms with Gasteiger partial charge in [0.2, 0.25) is 5.95 Å². The lowest BCUT2D eigenvalue weighted by atomic mass is 10.00. The Balaban J connectivity index is 1.80. The summed E-state index contributed by atoms with van der Waals surface area (Å²) in [5, 5.41) is 4.72. The van der Waals surface area contributed by atoms with Gasteiger partial charge in [-0.3, -0.25) is 4.98 Å². The van der Waals surface area contributed by atoms with Crippen LogP contribution < -0.4 is 11.1 Å². The quantitative estimate of drug-likeness (QED) is 0.724. The van der Waals surface area contributed by atoms with Crippen LogP contribution in [0.1, 0.15) is 24.4 Å². The number of anilines is 1. The van der Waals surface area contributed by atoms with Gasteiger partial charge < -0.3 is 11.1 Å². The van der Waals surface area contributed by atoms with E-state index in [0.29, 0.717) is 17.5 Å². The van der Waals surface area contributed by atoms with E-state index < -0.39 is 5.54 Å². The molecule has 0 aromatic carbocycles. The highest BCUT2D eigenvalue weighted by Crippen LogP contribution is 2.29. The summed E-state index contributed by atoms with van der Waals surface area (Å²) in [6.45, 7) is 4.44. The third kappa shape index (κ3) is 3.53. The third-order valence-electron chi connectivity index (χ3n) is 3.43. The van der Waals surface area contributed by atoms with Crippen LogP contribution >= 0.6 is 22.9 Å². The predicted molar refractivity (Wildman–Crippen MR) is 96.9 cm³/mol. The molecule has 3 aromatic heterocycles. The monoisotopic (exact) mass is 360 g/mol. The molecule has 0 amide bonds. The Kier molecular flexibility index (Phi) is 4.75. The van der Waals surface area contributed by atoms with Gasteiger partial charge in [-0.25, -0.2) is 15.0 Å². The molecule has 0 saturated heterocycles. The van der Waals surface area contributed by atoms with Crippen molar-refractivity contribution in [3.05, 3.63) is 52.5 Å². The largest absolute Gasteiger partial charge is 0.344 e. The highest BCUT2D eigenvalue weighted by Gasteiger charge is 2.25. The molecule has 0 aliphatic heterocycles. The molecule has 3 rings (SSSR count). The van der Waals surface area contributed by atoms with E-state index in [1.54, 1.807) is 30.9 Å². The van der Waals surface area contributed by atoms with Gasteiger partial charge in [-0.1, -0.05) is 11.6 Å². The molecule has 0 unspecified atom stereocenters. The zero-order valence-electron chi connectivity index (χ0n) is 13.3. The Morgan fingerprint density at radius 1 is 1.17 bits per heavy atom.